The Hall–Kier alpha value is -2.33. The molecule has 0 aromatic heterocycles. The smallest absolute Gasteiger partial charge is 0.462 e. The van der Waals surface area contributed by atoms with Crippen molar-refractivity contribution in [2.24, 2.45) is 0 Å². The number of aliphatic hydroxyl groups is 1. The van der Waals surface area contributed by atoms with Crippen LogP contribution in [0.5, 0.6) is 0 Å². The van der Waals surface area contributed by atoms with Crippen LogP contribution in [0.25, 0.3) is 0 Å². The van der Waals surface area contributed by atoms with Crippen molar-refractivity contribution < 1.29 is 47.2 Å². The van der Waals surface area contributed by atoms with E-state index < -0.39 is 38.6 Å². The highest BCUT2D eigenvalue weighted by Crippen LogP contribution is 2.43. The molecule has 0 rings (SSSR count). The first-order valence-electron chi connectivity index (χ1n) is 22.1. The van der Waals surface area contributed by atoms with Crippen LogP contribution < -0.4 is 0 Å². The van der Waals surface area contributed by atoms with Crippen LogP contribution in [0.1, 0.15) is 162 Å². The molecule has 330 valence electrons. The van der Waals surface area contributed by atoms with E-state index in [1.165, 1.54) is 57.8 Å². The van der Waals surface area contributed by atoms with Crippen molar-refractivity contribution in [1.29, 1.82) is 0 Å². The van der Waals surface area contributed by atoms with E-state index in [4.69, 9.17) is 18.5 Å². The summed E-state index contributed by atoms with van der Waals surface area (Å²) in [5, 5.41) is 10.3. The lowest BCUT2D eigenvalue weighted by Gasteiger charge is -2.24. The zero-order valence-electron chi connectivity index (χ0n) is 36.7. The van der Waals surface area contributed by atoms with E-state index in [0.717, 1.165) is 57.8 Å². The number of likely N-dealkylation sites (N-methyl/N-ethyl adjacent to an activating group) is 1. The SMILES string of the molecule is CCCCC/C=C\C/C=C\CCCCCCCC(=O)O[C@H](COC(=O)CCCC(O)/C=C/C=C/C/C=C/CCCCCCCC)COP(=O)(O)OCC[N+](C)(C)C. The number of allylic oxidation sites excluding steroid dienone is 9. The van der Waals surface area contributed by atoms with Crippen molar-refractivity contribution >= 4 is 19.8 Å². The number of nitrogens with zero attached hydrogens (tertiary/aromatic N) is 1. The van der Waals surface area contributed by atoms with E-state index in [9.17, 15) is 24.2 Å². The number of carbonyl (C=O) groups is 2. The first-order chi connectivity index (χ1) is 27.4. The molecule has 0 saturated heterocycles. The molecule has 2 unspecified atom stereocenters. The van der Waals surface area contributed by atoms with Gasteiger partial charge < -0.3 is 24.0 Å². The Balaban J connectivity index is 4.58. The number of ether oxygens (including phenoxy) is 2. The lowest BCUT2D eigenvalue weighted by atomic mass is 10.1. The van der Waals surface area contributed by atoms with E-state index in [1.807, 2.05) is 39.4 Å². The molecular weight excluding hydrogens is 741 g/mol. The van der Waals surface area contributed by atoms with E-state index >= 15 is 0 Å². The monoisotopic (exact) mass is 825 g/mol. The first kappa shape index (κ1) is 54.7. The highest BCUT2D eigenvalue weighted by molar-refractivity contribution is 7.47. The molecule has 0 aliphatic heterocycles. The standard InChI is InChI=1S/C46H82NO9P/c1-6-8-10-12-14-16-18-20-21-23-25-27-29-31-33-37-46(50)56-44(42-55-57(51,52)54-40-39-47(3,4)5)41-53-45(49)38-34-36-43(48)35-32-30-28-26-24-22-19-17-15-13-11-9-7-2/h14,16,20-22,24,28,30,32,35,43-44,48H,6-13,15,17-19,23,25-27,29,31,33-34,36-42H2,1-5H3/p+1/b16-14-,21-20-,24-22+,30-28+,35-32+/t43?,44-/m1/s1. The Labute approximate surface area is 348 Å². The number of esters is 2. The van der Waals surface area contributed by atoms with Gasteiger partial charge in [-0.15, -0.1) is 0 Å². The van der Waals surface area contributed by atoms with Gasteiger partial charge in [0.05, 0.1) is 33.9 Å². The molecule has 0 saturated carbocycles. The molecule has 2 N–H and O–H groups in total. The lowest BCUT2D eigenvalue weighted by Crippen LogP contribution is -2.37. The molecule has 0 spiro atoms. The molecule has 0 aliphatic rings. The molecule has 57 heavy (non-hydrogen) atoms. The number of carbonyl (C=O) groups excluding carboxylic acids is 2. The van der Waals surface area contributed by atoms with Gasteiger partial charge in [0.1, 0.15) is 19.8 Å². The van der Waals surface area contributed by atoms with Gasteiger partial charge >= 0.3 is 19.8 Å². The van der Waals surface area contributed by atoms with E-state index in [0.29, 0.717) is 30.3 Å². The third-order valence-electron chi connectivity index (χ3n) is 9.12. The Bertz CT molecular complexity index is 1170. The summed E-state index contributed by atoms with van der Waals surface area (Å²) in [5.74, 6) is -1.02. The van der Waals surface area contributed by atoms with Gasteiger partial charge in [0.25, 0.3) is 0 Å². The average molecular weight is 825 g/mol. The molecule has 0 bridgehead atoms. The molecular formula is C46H83NO9P+. The van der Waals surface area contributed by atoms with Gasteiger partial charge in [-0.1, -0.05) is 139 Å². The number of quaternary nitrogens is 1. The van der Waals surface area contributed by atoms with Crippen molar-refractivity contribution in [3.8, 4) is 0 Å². The van der Waals surface area contributed by atoms with Crippen molar-refractivity contribution in [3.63, 3.8) is 0 Å². The molecule has 10 nitrogen and oxygen atoms in total. The summed E-state index contributed by atoms with van der Waals surface area (Å²) in [6, 6.07) is 0. The summed E-state index contributed by atoms with van der Waals surface area (Å²) < 4.78 is 34.1. The third kappa shape index (κ3) is 41.6. The van der Waals surface area contributed by atoms with Gasteiger partial charge in [-0.2, -0.15) is 0 Å². The number of phosphoric ester groups is 1. The predicted molar refractivity (Wildman–Crippen MR) is 235 cm³/mol. The van der Waals surface area contributed by atoms with Crippen LogP contribution in [0.3, 0.4) is 0 Å². The fourth-order valence-electron chi connectivity index (χ4n) is 5.58. The summed E-state index contributed by atoms with van der Waals surface area (Å²) in [6.45, 7) is 4.14. The second-order valence-corrected chi connectivity index (χ2v) is 17.4. The van der Waals surface area contributed by atoms with E-state index in [-0.39, 0.29) is 26.1 Å². The molecule has 0 aromatic carbocycles. The molecule has 0 heterocycles. The number of aliphatic hydroxyl groups excluding tert-OH is 1. The van der Waals surface area contributed by atoms with Gasteiger partial charge in [-0.25, -0.2) is 4.57 Å². The topological polar surface area (TPSA) is 129 Å². The maximum atomic E-state index is 12.7. The molecule has 0 aromatic rings. The molecule has 0 amide bonds. The van der Waals surface area contributed by atoms with Crippen molar-refractivity contribution in [2.45, 2.75) is 174 Å². The molecule has 0 fully saturated rings. The fourth-order valence-corrected chi connectivity index (χ4v) is 6.32. The van der Waals surface area contributed by atoms with Gasteiger partial charge in [-0.05, 0) is 70.6 Å². The van der Waals surface area contributed by atoms with Crippen LogP contribution in [0.15, 0.2) is 60.8 Å². The summed E-state index contributed by atoms with van der Waals surface area (Å²) in [7, 11) is 1.36. The van der Waals surface area contributed by atoms with Crippen molar-refractivity contribution in [2.75, 3.05) is 47.5 Å². The summed E-state index contributed by atoms with van der Waals surface area (Å²) in [6.07, 6.45) is 41.6. The minimum Gasteiger partial charge on any atom is -0.462 e. The average Bonchev–Trinajstić information content (AvgIpc) is 3.15. The third-order valence-corrected chi connectivity index (χ3v) is 10.1. The van der Waals surface area contributed by atoms with Crippen LogP contribution in [-0.4, -0.2) is 86.1 Å². The van der Waals surface area contributed by atoms with Crippen molar-refractivity contribution in [3.05, 3.63) is 60.8 Å². The largest absolute Gasteiger partial charge is 0.472 e. The zero-order valence-corrected chi connectivity index (χ0v) is 37.6. The Morgan fingerprint density at radius 3 is 1.77 bits per heavy atom. The highest BCUT2D eigenvalue weighted by atomic mass is 31.2. The maximum absolute atomic E-state index is 12.7. The molecule has 3 atom stereocenters. The van der Waals surface area contributed by atoms with Gasteiger partial charge in [0, 0.05) is 12.8 Å². The van der Waals surface area contributed by atoms with Gasteiger partial charge in [0.2, 0.25) is 0 Å². The minimum atomic E-state index is -4.42. The van der Waals surface area contributed by atoms with Crippen LogP contribution >= 0.6 is 7.82 Å². The van der Waals surface area contributed by atoms with Crippen LogP contribution in [0, 0.1) is 0 Å². The van der Waals surface area contributed by atoms with E-state index in [1.54, 1.807) is 6.08 Å². The van der Waals surface area contributed by atoms with E-state index in [2.05, 4.69) is 50.3 Å². The van der Waals surface area contributed by atoms with Crippen LogP contribution in [-0.2, 0) is 32.7 Å². The number of unbranched alkanes of at least 4 members (excludes halogenated alkanes) is 14. The minimum absolute atomic E-state index is 0.00241. The quantitative estimate of drug-likeness (QED) is 0.0155. The molecule has 0 radical (unpaired) electrons. The molecule has 11 heteroatoms. The zero-order chi connectivity index (χ0) is 42.3. The summed E-state index contributed by atoms with van der Waals surface area (Å²) >= 11 is 0. The van der Waals surface area contributed by atoms with Crippen LogP contribution in [0.4, 0.5) is 0 Å². The number of phosphoric acid groups is 1. The Morgan fingerprint density at radius 1 is 0.632 bits per heavy atom. The second-order valence-electron chi connectivity index (χ2n) is 15.9. The Kier molecular flexibility index (Phi) is 36.4. The summed E-state index contributed by atoms with van der Waals surface area (Å²) in [4.78, 5) is 35.4. The normalized spacial score (nSPS) is 14.7. The highest BCUT2D eigenvalue weighted by Gasteiger charge is 2.27. The fraction of sp³-hybridized carbons (Fsp3) is 0.739. The second kappa shape index (κ2) is 37.9. The van der Waals surface area contributed by atoms with Gasteiger partial charge in [-0.3, -0.25) is 18.6 Å². The lowest BCUT2D eigenvalue weighted by molar-refractivity contribution is -0.870. The first-order valence-corrected chi connectivity index (χ1v) is 23.6. The number of hydrogen-bond acceptors (Lipinski definition) is 8. The van der Waals surface area contributed by atoms with Gasteiger partial charge in [0.15, 0.2) is 6.10 Å². The number of hydrogen-bond donors (Lipinski definition) is 2. The Morgan fingerprint density at radius 2 is 1.16 bits per heavy atom. The van der Waals surface area contributed by atoms with Crippen LogP contribution in [0.2, 0.25) is 0 Å². The van der Waals surface area contributed by atoms with Crippen molar-refractivity contribution in [1.82, 2.24) is 0 Å². The molecule has 0 aliphatic carbocycles. The maximum Gasteiger partial charge on any atom is 0.472 e. The number of rotatable bonds is 39. The predicted octanol–water partition coefficient (Wildman–Crippen LogP) is 11.4. The summed E-state index contributed by atoms with van der Waals surface area (Å²) in [5.41, 5.74) is 0.